The Morgan fingerprint density at radius 2 is 2.22 bits per heavy atom. The molecule has 1 aliphatic rings. The van der Waals surface area contributed by atoms with E-state index < -0.39 is 0 Å². The molecule has 0 aliphatic carbocycles. The molecule has 0 aromatic heterocycles. The van der Waals surface area contributed by atoms with E-state index in [0.29, 0.717) is 12.1 Å². The quantitative estimate of drug-likeness (QED) is 0.923. The Morgan fingerprint density at radius 1 is 1.44 bits per heavy atom. The number of hydrogen-bond acceptors (Lipinski definition) is 3. The molecule has 1 saturated heterocycles. The molecular weight excluding hydrogens is 290 g/mol. The molecule has 0 amide bonds. The van der Waals surface area contributed by atoms with Gasteiger partial charge >= 0.3 is 0 Å². The number of nitrogens with zero attached hydrogens (tertiary/aromatic N) is 2. The van der Waals surface area contributed by atoms with Crippen LogP contribution in [0.15, 0.2) is 28.7 Å². The van der Waals surface area contributed by atoms with Crippen molar-refractivity contribution >= 4 is 21.6 Å². The number of rotatable bonds is 3. The van der Waals surface area contributed by atoms with Crippen molar-refractivity contribution in [3.8, 4) is 0 Å². The molecule has 1 aliphatic heterocycles. The van der Waals surface area contributed by atoms with Crippen LogP contribution in [-0.2, 0) is 0 Å². The molecular formula is C14H22BrN3. The topological polar surface area (TPSA) is 18.5 Å². The Morgan fingerprint density at radius 3 is 2.89 bits per heavy atom. The molecule has 1 aromatic carbocycles. The van der Waals surface area contributed by atoms with Gasteiger partial charge in [-0.2, -0.15) is 0 Å². The van der Waals surface area contributed by atoms with E-state index in [4.69, 9.17) is 0 Å². The van der Waals surface area contributed by atoms with Crippen molar-refractivity contribution < 1.29 is 0 Å². The first kappa shape index (κ1) is 13.8. The number of likely N-dealkylation sites (N-methyl/N-ethyl adjacent to an activating group) is 1. The lowest BCUT2D eigenvalue weighted by Gasteiger charge is -2.41. The van der Waals surface area contributed by atoms with Gasteiger partial charge in [0.25, 0.3) is 0 Å². The van der Waals surface area contributed by atoms with Crippen molar-refractivity contribution in [2.75, 3.05) is 38.6 Å². The van der Waals surface area contributed by atoms with Crippen molar-refractivity contribution in [1.82, 2.24) is 10.2 Å². The van der Waals surface area contributed by atoms with E-state index in [1.54, 1.807) is 0 Å². The van der Waals surface area contributed by atoms with Crippen LogP contribution in [0.2, 0.25) is 0 Å². The summed E-state index contributed by atoms with van der Waals surface area (Å²) in [6, 6.07) is 9.66. The minimum absolute atomic E-state index is 0.537. The zero-order valence-corrected chi connectivity index (χ0v) is 12.9. The number of nitrogens with one attached hydrogen (secondary N) is 1. The number of piperazine rings is 1. The van der Waals surface area contributed by atoms with Gasteiger partial charge in [-0.25, -0.2) is 0 Å². The van der Waals surface area contributed by atoms with Gasteiger partial charge in [-0.05, 0) is 39.2 Å². The van der Waals surface area contributed by atoms with Gasteiger partial charge in [0, 0.05) is 41.9 Å². The molecule has 1 N–H and O–H groups in total. The fourth-order valence-corrected chi connectivity index (χ4v) is 2.89. The largest absolute Gasteiger partial charge is 0.366 e. The molecule has 18 heavy (non-hydrogen) atoms. The summed E-state index contributed by atoms with van der Waals surface area (Å²) in [6.07, 6.45) is 0. The first-order valence-corrected chi connectivity index (χ1v) is 7.26. The Bertz CT molecular complexity index is 394. The normalized spacial score (nSPS) is 24.6. The maximum Gasteiger partial charge on any atom is 0.0387 e. The van der Waals surface area contributed by atoms with Gasteiger partial charge in [-0.15, -0.1) is 0 Å². The fraction of sp³-hybridized carbons (Fsp3) is 0.571. The van der Waals surface area contributed by atoms with Crippen LogP contribution in [0.3, 0.4) is 0 Å². The fourth-order valence-electron chi connectivity index (χ4n) is 2.51. The zero-order chi connectivity index (χ0) is 13.1. The summed E-state index contributed by atoms with van der Waals surface area (Å²) in [5.41, 5.74) is 1.31. The summed E-state index contributed by atoms with van der Waals surface area (Å²) < 4.78 is 1.15. The second kappa shape index (κ2) is 6.04. The van der Waals surface area contributed by atoms with E-state index in [1.807, 2.05) is 0 Å². The molecule has 4 heteroatoms. The molecule has 2 atom stereocenters. The van der Waals surface area contributed by atoms with Gasteiger partial charge in [0.2, 0.25) is 0 Å². The van der Waals surface area contributed by atoms with E-state index in [2.05, 4.69) is 76.3 Å². The SMILES string of the molecule is CC1CNC(CN(C)C)CN1c1cccc(Br)c1. The summed E-state index contributed by atoms with van der Waals surface area (Å²) in [7, 11) is 4.26. The van der Waals surface area contributed by atoms with Crippen LogP contribution in [0, 0.1) is 0 Å². The summed E-state index contributed by atoms with van der Waals surface area (Å²) >= 11 is 3.55. The lowest BCUT2D eigenvalue weighted by molar-refractivity contribution is 0.307. The predicted octanol–water partition coefficient (Wildman–Crippen LogP) is 2.18. The maximum atomic E-state index is 3.62. The number of halogens is 1. The number of benzene rings is 1. The van der Waals surface area contributed by atoms with Gasteiger partial charge < -0.3 is 15.1 Å². The molecule has 0 saturated carbocycles. The molecule has 100 valence electrons. The van der Waals surface area contributed by atoms with Crippen LogP contribution in [0.5, 0.6) is 0 Å². The molecule has 0 spiro atoms. The van der Waals surface area contributed by atoms with Crippen LogP contribution in [0.25, 0.3) is 0 Å². The average molecular weight is 312 g/mol. The van der Waals surface area contributed by atoms with E-state index in [1.165, 1.54) is 5.69 Å². The lowest BCUT2D eigenvalue weighted by atomic mass is 10.1. The molecule has 0 bridgehead atoms. The predicted molar refractivity (Wildman–Crippen MR) is 81.3 cm³/mol. The smallest absolute Gasteiger partial charge is 0.0387 e. The molecule has 2 unspecified atom stereocenters. The Balaban J connectivity index is 2.10. The summed E-state index contributed by atoms with van der Waals surface area (Å²) in [6.45, 7) is 5.47. The van der Waals surface area contributed by atoms with Gasteiger partial charge in [-0.1, -0.05) is 22.0 Å². The monoisotopic (exact) mass is 311 g/mol. The van der Waals surface area contributed by atoms with Crippen molar-refractivity contribution in [1.29, 1.82) is 0 Å². The number of hydrogen-bond donors (Lipinski definition) is 1. The molecule has 2 rings (SSSR count). The van der Waals surface area contributed by atoms with E-state index in [0.717, 1.165) is 24.1 Å². The third kappa shape index (κ3) is 3.46. The first-order valence-electron chi connectivity index (χ1n) is 6.46. The maximum absolute atomic E-state index is 3.62. The first-order chi connectivity index (χ1) is 8.56. The lowest BCUT2D eigenvalue weighted by Crippen LogP contribution is -2.58. The van der Waals surface area contributed by atoms with Crippen LogP contribution < -0.4 is 10.2 Å². The van der Waals surface area contributed by atoms with Crippen LogP contribution in [-0.4, -0.2) is 50.7 Å². The standard InChI is InChI=1S/C14H22BrN3/c1-11-8-16-13(9-17(2)3)10-18(11)14-6-4-5-12(15)7-14/h4-7,11,13,16H,8-10H2,1-3H3. The van der Waals surface area contributed by atoms with Crippen molar-refractivity contribution in [2.24, 2.45) is 0 Å². The molecule has 3 nitrogen and oxygen atoms in total. The minimum Gasteiger partial charge on any atom is -0.366 e. The molecule has 1 aromatic rings. The Labute approximate surface area is 118 Å². The van der Waals surface area contributed by atoms with Crippen LogP contribution in [0.4, 0.5) is 5.69 Å². The molecule has 1 heterocycles. The molecule has 0 radical (unpaired) electrons. The van der Waals surface area contributed by atoms with Crippen molar-refractivity contribution in [3.05, 3.63) is 28.7 Å². The van der Waals surface area contributed by atoms with Crippen LogP contribution >= 0.6 is 15.9 Å². The van der Waals surface area contributed by atoms with Crippen molar-refractivity contribution in [2.45, 2.75) is 19.0 Å². The second-order valence-electron chi connectivity index (χ2n) is 5.35. The summed E-state index contributed by atoms with van der Waals surface area (Å²) in [5.74, 6) is 0. The Kier molecular flexibility index (Phi) is 4.65. The van der Waals surface area contributed by atoms with E-state index in [-0.39, 0.29) is 0 Å². The summed E-state index contributed by atoms with van der Waals surface area (Å²) in [5, 5.41) is 3.62. The average Bonchev–Trinajstić information content (AvgIpc) is 2.31. The Hall–Kier alpha value is -0.580. The van der Waals surface area contributed by atoms with E-state index in [9.17, 15) is 0 Å². The summed E-state index contributed by atoms with van der Waals surface area (Å²) in [4.78, 5) is 4.74. The molecule has 1 fully saturated rings. The van der Waals surface area contributed by atoms with Gasteiger partial charge in [0.05, 0.1) is 0 Å². The van der Waals surface area contributed by atoms with E-state index >= 15 is 0 Å². The van der Waals surface area contributed by atoms with Gasteiger partial charge in [0.1, 0.15) is 0 Å². The highest BCUT2D eigenvalue weighted by molar-refractivity contribution is 9.10. The van der Waals surface area contributed by atoms with Gasteiger partial charge in [-0.3, -0.25) is 0 Å². The highest BCUT2D eigenvalue weighted by atomic mass is 79.9. The van der Waals surface area contributed by atoms with Crippen LogP contribution in [0.1, 0.15) is 6.92 Å². The zero-order valence-electron chi connectivity index (χ0n) is 11.4. The second-order valence-corrected chi connectivity index (χ2v) is 6.26. The third-order valence-corrected chi connectivity index (χ3v) is 3.87. The van der Waals surface area contributed by atoms with Crippen molar-refractivity contribution in [3.63, 3.8) is 0 Å². The van der Waals surface area contributed by atoms with Gasteiger partial charge in [0.15, 0.2) is 0 Å². The minimum atomic E-state index is 0.537. The highest BCUT2D eigenvalue weighted by Gasteiger charge is 2.25. The number of anilines is 1. The third-order valence-electron chi connectivity index (χ3n) is 3.38. The highest BCUT2D eigenvalue weighted by Crippen LogP contribution is 2.23.